The van der Waals surface area contributed by atoms with Crippen LogP contribution in [0.5, 0.6) is 0 Å². The summed E-state index contributed by atoms with van der Waals surface area (Å²) in [6.07, 6.45) is 9.43. The third kappa shape index (κ3) is 4.19. The molecule has 0 aliphatic heterocycles. The first kappa shape index (κ1) is 17.0. The number of nitrogens with one attached hydrogen (secondary N) is 2. The quantitative estimate of drug-likeness (QED) is 0.680. The summed E-state index contributed by atoms with van der Waals surface area (Å²) >= 11 is 0. The largest absolute Gasteiger partial charge is 0.378 e. The minimum atomic E-state index is 0.412. The van der Waals surface area contributed by atoms with Gasteiger partial charge in [0.2, 0.25) is 0 Å². The fraction of sp³-hybridized carbons (Fsp3) is 0.450. The summed E-state index contributed by atoms with van der Waals surface area (Å²) in [5.74, 6) is 1.53. The van der Waals surface area contributed by atoms with E-state index in [2.05, 4.69) is 55.8 Å². The van der Waals surface area contributed by atoms with Crippen LogP contribution in [-0.4, -0.2) is 39.4 Å². The lowest BCUT2D eigenvalue weighted by Gasteiger charge is -2.28. The van der Waals surface area contributed by atoms with Gasteiger partial charge in [0.05, 0.1) is 24.3 Å². The van der Waals surface area contributed by atoms with Crippen LogP contribution in [0.3, 0.4) is 0 Å². The van der Waals surface area contributed by atoms with E-state index in [1.165, 1.54) is 18.4 Å². The molecule has 0 unspecified atom stereocenters. The summed E-state index contributed by atoms with van der Waals surface area (Å²) in [5, 5.41) is 11.3. The van der Waals surface area contributed by atoms with Crippen molar-refractivity contribution in [1.82, 2.24) is 20.2 Å². The minimum absolute atomic E-state index is 0.412. The molecule has 1 fully saturated rings. The van der Waals surface area contributed by atoms with E-state index in [9.17, 15) is 0 Å². The highest BCUT2D eigenvalue weighted by Gasteiger charge is 2.21. The Morgan fingerprint density at radius 3 is 2.77 bits per heavy atom. The molecule has 26 heavy (non-hydrogen) atoms. The SMILES string of the molecule is c1ccc(CCO[C@H]2CC[C@@H](CNc3ncnc4[nH]ncc34)CC2)cc1. The maximum absolute atomic E-state index is 6.09. The lowest BCUT2D eigenvalue weighted by molar-refractivity contribution is 0.0211. The Balaban J connectivity index is 1.18. The maximum atomic E-state index is 6.09. The van der Waals surface area contributed by atoms with E-state index >= 15 is 0 Å². The summed E-state index contributed by atoms with van der Waals surface area (Å²) < 4.78 is 6.09. The Hall–Kier alpha value is -2.47. The van der Waals surface area contributed by atoms with E-state index in [1.54, 1.807) is 12.5 Å². The summed E-state index contributed by atoms with van der Waals surface area (Å²) in [7, 11) is 0. The monoisotopic (exact) mass is 351 g/mol. The van der Waals surface area contributed by atoms with Crippen molar-refractivity contribution in [2.75, 3.05) is 18.5 Å². The highest BCUT2D eigenvalue weighted by Crippen LogP contribution is 2.27. The van der Waals surface area contributed by atoms with Crippen LogP contribution in [0.4, 0.5) is 5.82 Å². The number of aromatic nitrogens is 4. The van der Waals surface area contributed by atoms with Crippen molar-refractivity contribution in [3.05, 3.63) is 48.4 Å². The van der Waals surface area contributed by atoms with Crippen molar-refractivity contribution >= 4 is 16.9 Å². The molecule has 1 aliphatic rings. The number of anilines is 1. The molecular formula is C20H25N5O. The zero-order chi connectivity index (χ0) is 17.6. The van der Waals surface area contributed by atoms with Crippen LogP contribution in [0.25, 0.3) is 11.0 Å². The van der Waals surface area contributed by atoms with Gasteiger partial charge in [-0.1, -0.05) is 30.3 Å². The van der Waals surface area contributed by atoms with Gasteiger partial charge in [-0.3, -0.25) is 5.10 Å². The van der Waals surface area contributed by atoms with Crippen LogP contribution in [-0.2, 0) is 11.2 Å². The number of aromatic amines is 1. The van der Waals surface area contributed by atoms with Crippen molar-refractivity contribution in [1.29, 1.82) is 0 Å². The van der Waals surface area contributed by atoms with Gasteiger partial charge in [0.25, 0.3) is 0 Å². The molecule has 2 heterocycles. The molecule has 1 aliphatic carbocycles. The Bertz CT molecular complexity index is 811. The lowest BCUT2D eigenvalue weighted by Crippen LogP contribution is -2.26. The molecule has 2 aromatic heterocycles. The molecule has 4 rings (SSSR count). The van der Waals surface area contributed by atoms with Crippen molar-refractivity contribution in [3.8, 4) is 0 Å². The number of H-pyrrole nitrogens is 1. The number of hydrogen-bond acceptors (Lipinski definition) is 5. The Kier molecular flexibility index (Phi) is 5.40. The zero-order valence-electron chi connectivity index (χ0n) is 14.9. The highest BCUT2D eigenvalue weighted by molar-refractivity contribution is 5.85. The number of ether oxygens (including phenoxy) is 1. The Morgan fingerprint density at radius 2 is 1.92 bits per heavy atom. The average molecular weight is 351 g/mol. The van der Waals surface area contributed by atoms with Crippen molar-refractivity contribution in [2.45, 2.75) is 38.2 Å². The molecule has 6 heteroatoms. The zero-order valence-corrected chi connectivity index (χ0v) is 14.9. The van der Waals surface area contributed by atoms with Gasteiger partial charge < -0.3 is 10.1 Å². The summed E-state index contributed by atoms with van der Waals surface area (Å²) in [6.45, 7) is 1.75. The number of hydrogen-bond donors (Lipinski definition) is 2. The average Bonchev–Trinajstić information content (AvgIpc) is 3.18. The Morgan fingerprint density at radius 1 is 1.08 bits per heavy atom. The lowest BCUT2D eigenvalue weighted by atomic mass is 9.87. The molecule has 3 aromatic rings. The standard InChI is InChI=1S/C20H25N5O/c1-2-4-15(5-3-1)10-11-26-17-8-6-16(7-9-17)12-21-19-18-13-24-25-20(18)23-14-22-19/h1-5,13-14,16-17H,6-12H2,(H2,21,22,23,24,25)/t16-,17+. The van der Waals surface area contributed by atoms with Crippen molar-refractivity contribution in [3.63, 3.8) is 0 Å². The smallest absolute Gasteiger partial charge is 0.160 e. The first-order valence-corrected chi connectivity index (χ1v) is 9.42. The fourth-order valence-corrected chi connectivity index (χ4v) is 3.64. The molecule has 2 N–H and O–H groups in total. The molecule has 0 spiro atoms. The third-order valence-corrected chi connectivity index (χ3v) is 5.19. The van der Waals surface area contributed by atoms with Crippen LogP contribution in [0, 0.1) is 5.92 Å². The molecule has 6 nitrogen and oxygen atoms in total. The normalized spacial score (nSPS) is 20.3. The first-order valence-electron chi connectivity index (χ1n) is 9.42. The molecular weight excluding hydrogens is 326 g/mol. The van der Waals surface area contributed by atoms with E-state index in [-0.39, 0.29) is 0 Å². The fourth-order valence-electron chi connectivity index (χ4n) is 3.64. The Labute approximate surface area is 153 Å². The van der Waals surface area contributed by atoms with Gasteiger partial charge in [-0.25, -0.2) is 9.97 Å². The van der Waals surface area contributed by atoms with E-state index in [1.807, 2.05) is 0 Å². The predicted molar refractivity (Wildman–Crippen MR) is 102 cm³/mol. The molecule has 0 bridgehead atoms. The predicted octanol–water partition coefficient (Wildman–Crippen LogP) is 3.58. The van der Waals surface area contributed by atoms with Crippen LogP contribution in [0.1, 0.15) is 31.2 Å². The number of nitrogens with zero attached hydrogens (tertiary/aromatic N) is 3. The van der Waals surface area contributed by atoms with Gasteiger partial charge >= 0.3 is 0 Å². The van der Waals surface area contributed by atoms with Crippen LogP contribution < -0.4 is 5.32 Å². The second kappa shape index (κ2) is 8.27. The first-order chi connectivity index (χ1) is 12.9. The molecule has 0 saturated heterocycles. The summed E-state index contributed by atoms with van der Waals surface area (Å²) in [4.78, 5) is 8.51. The third-order valence-electron chi connectivity index (χ3n) is 5.19. The van der Waals surface area contributed by atoms with Crippen LogP contribution >= 0.6 is 0 Å². The van der Waals surface area contributed by atoms with Gasteiger partial charge in [-0.05, 0) is 43.6 Å². The minimum Gasteiger partial charge on any atom is -0.378 e. The number of rotatable bonds is 7. The van der Waals surface area contributed by atoms with Gasteiger partial charge in [0, 0.05) is 6.54 Å². The summed E-state index contributed by atoms with van der Waals surface area (Å²) in [6, 6.07) is 10.6. The molecule has 0 atom stereocenters. The molecule has 0 radical (unpaired) electrons. The van der Waals surface area contributed by atoms with E-state index < -0.39 is 0 Å². The van der Waals surface area contributed by atoms with Crippen molar-refractivity contribution < 1.29 is 4.74 Å². The second-order valence-electron chi connectivity index (χ2n) is 6.98. The van der Waals surface area contributed by atoms with E-state index in [0.29, 0.717) is 12.0 Å². The summed E-state index contributed by atoms with van der Waals surface area (Å²) in [5.41, 5.74) is 2.12. The van der Waals surface area contributed by atoms with Crippen molar-refractivity contribution in [2.24, 2.45) is 5.92 Å². The molecule has 1 saturated carbocycles. The number of benzene rings is 1. The van der Waals surface area contributed by atoms with Crippen LogP contribution in [0.15, 0.2) is 42.9 Å². The molecule has 0 amide bonds. The highest BCUT2D eigenvalue weighted by atomic mass is 16.5. The second-order valence-corrected chi connectivity index (χ2v) is 6.98. The van der Waals surface area contributed by atoms with E-state index in [0.717, 1.165) is 49.3 Å². The van der Waals surface area contributed by atoms with Gasteiger partial charge in [-0.15, -0.1) is 0 Å². The van der Waals surface area contributed by atoms with Gasteiger partial charge in [-0.2, -0.15) is 5.10 Å². The van der Waals surface area contributed by atoms with Gasteiger partial charge in [0.15, 0.2) is 5.65 Å². The maximum Gasteiger partial charge on any atom is 0.160 e. The number of fused-ring (bicyclic) bond motifs is 1. The van der Waals surface area contributed by atoms with Crippen LogP contribution in [0.2, 0.25) is 0 Å². The van der Waals surface area contributed by atoms with E-state index in [4.69, 9.17) is 4.74 Å². The molecule has 1 aromatic carbocycles. The molecule has 136 valence electrons. The van der Waals surface area contributed by atoms with Gasteiger partial charge in [0.1, 0.15) is 12.1 Å². The topological polar surface area (TPSA) is 75.7 Å².